The van der Waals surface area contributed by atoms with Gasteiger partial charge in [0, 0.05) is 12.8 Å². The summed E-state index contributed by atoms with van der Waals surface area (Å²) >= 11 is 0. The molecule has 0 rings (SSSR count). The second-order valence-electron chi connectivity index (χ2n) is 30.8. The maximum Gasteiger partial charge on any atom is 0.361 e. The molecule has 0 aromatic rings. The quantitative estimate of drug-likeness (QED) is 0.0211. The lowest BCUT2D eigenvalue weighted by molar-refractivity contribution is -0.870. The van der Waals surface area contributed by atoms with Crippen LogP contribution in [0.4, 0.5) is 0 Å². The van der Waals surface area contributed by atoms with Crippen molar-refractivity contribution in [1.29, 1.82) is 0 Å². The lowest BCUT2D eigenvalue weighted by Crippen LogP contribution is -2.40. The summed E-state index contributed by atoms with van der Waals surface area (Å²) in [5.41, 5.74) is 0. The summed E-state index contributed by atoms with van der Waals surface area (Å²) in [6.45, 7) is 4.81. The van der Waals surface area contributed by atoms with Crippen LogP contribution in [-0.2, 0) is 33.3 Å². The molecule has 9 nitrogen and oxygen atoms in total. The van der Waals surface area contributed by atoms with Crippen molar-refractivity contribution >= 4 is 17.9 Å². The van der Waals surface area contributed by atoms with Gasteiger partial charge in [-0.15, -0.1) is 0 Å². The van der Waals surface area contributed by atoms with Crippen LogP contribution in [0.15, 0.2) is 109 Å². The average molecular weight is 1440 g/mol. The maximum absolute atomic E-state index is 13.0. The Kier molecular flexibility index (Phi) is 80.3. The number of likely N-dealkylation sites (N-methyl/N-ethyl adjacent to an activating group) is 1. The van der Waals surface area contributed by atoms with E-state index in [9.17, 15) is 19.5 Å². The van der Waals surface area contributed by atoms with Gasteiger partial charge in [-0.1, -0.05) is 425 Å². The third kappa shape index (κ3) is 85.1. The van der Waals surface area contributed by atoms with E-state index in [1.165, 1.54) is 276 Å². The van der Waals surface area contributed by atoms with Gasteiger partial charge in [0.05, 0.1) is 34.4 Å². The van der Waals surface area contributed by atoms with E-state index in [2.05, 4.69) is 123 Å². The van der Waals surface area contributed by atoms with Crippen LogP contribution in [-0.4, -0.2) is 87.4 Å². The highest BCUT2D eigenvalue weighted by atomic mass is 16.7. The highest BCUT2D eigenvalue weighted by Crippen LogP contribution is 2.20. The van der Waals surface area contributed by atoms with Crippen LogP contribution < -0.4 is 0 Å². The van der Waals surface area contributed by atoms with Gasteiger partial charge in [0.25, 0.3) is 6.29 Å². The molecule has 0 saturated heterocycles. The highest BCUT2D eigenvalue weighted by Gasteiger charge is 2.25. The van der Waals surface area contributed by atoms with Gasteiger partial charge in [0.1, 0.15) is 13.2 Å². The molecule has 0 bridgehead atoms. The molecule has 2 atom stereocenters. The summed E-state index contributed by atoms with van der Waals surface area (Å²) in [5.74, 6) is -1.99. The zero-order valence-corrected chi connectivity index (χ0v) is 68.5. The number of carboxylic acids is 1. The molecule has 9 heteroatoms. The Bertz CT molecular complexity index is 2070. The van der Waals surface area contributed by atoms with Crippen molar-refractivity contribution in [3.63, 3.8) is 0 Å². The molecule has 0 aromatic carbocycles. The number of nitrogens with zero attached hydrogens (tertiary/aromatic N) is 1. The number of allylic oxidation sites excluding steroid dienone is 18. The van der Waals surface area contributed by atoms with Crippen LogP contribution in [0.3, 0.4) is 0 Å². The first-order valence-corrected chi connectivity index (χ1v) is 44.1. The van der Waals surface area contributed by atoms with E-state index in [-0.39, 0.29) is 32.2 Å². The summed E-state index contributed by atoms with van der Waals surface area (Å²) in [6.07, 6.45) is 116. The van der Waals surface area contributed by atoms with Gasteiger partial charge >= 0.3 is 17.9 Å². The second-order valence-corrected chi connectivity index (χ2v) is 30.8. The number of rotatable bonds is 82. The molecule has 596 valence electrons. The number of carboxylic acid groups (broad SMARTS) is 1. The molecule has 103 heavy (non-hydrogen) atoms. The molecule has 0 fully saturated rings. The van der Waals surface area contributed by atoms with E-state index < -0.39 is 24.3 Å². The number of quaternary nitrogens is 1. The summed E-state index contributed by atoms with van der Waals surface area (Å²) < 4.78 is 23.1. The number of carbonyl (C=O) groups is 3. The second kappa shape index (κ2) is 83.6. The highest BCUT2D eigenvalue weighted by molar-refractivity contribution is 5.71. The minimum atomic E-state index is -1.52. The number of esters is 2. The van der Waals surface area contributed by atoms with E-state index in [4.69, 9.17) is 18.9 Å². The Morgan fingerprint density at radius 3 is 0.825 bits per heavy atom. The van der Waals surface area contributed by atoms with Gasteiger partial charge in [0.2, 0.25) is 0 Å². The molecule has 0 aliphatic carbocycles. The predicted molar refractivity (Wildman–Crippen MR) is 447 cm³/mol. The van der Waals surface area contributed by atoms with Crippen LogP contribution in [0.2, 0.25) is 0 Å². The third-order valence-corrected chi connectivity index (χ3v) is 19.5. The van der Waals surface area contributed by atoms with Crippen LogP contribution in [0.25, 0.3) is 0 Å². The molecule has 0 amide bonds. The van der Waals surface area contributed by atoms with E-state index >= 15 is 0 Å². The Balaban J connectivity index is 3.98. The topological polar surface area (TPSA) is 108 Å². The number of unbranched alkanes of at least 4 members (excludes halogenated alkanes) is 49. The molecule has 0 radical (unpaired) electrons. The van der Waals surface area contributed by atoms with Crippen LogP contribution >= 0.6 is 0 Å². The Labute approximate surface area is 638 Å². The van der Waals surface area contributed by atoms with Gasteiger partial charge < -0.3 is 28.5 Å². The van der Waals surface area contributed by atoms with E-state index in [1.807, 2.05) is 21.1 Å². The lowest BCUT2D eigenvalue weighted by atomic mass is 10.0. The molecule has 0 aromatic heterocycles. The molecule has 2 unspecified atom stereocenters. The standard InChI is InChI=1S/C94H167NO8/c1-6-8-10-12-14-16-18-20-22-24-26-28-30-32-34-36-38-40-42-44-46-48-50-52-54-56-58-60-62-64-66-68-70-72-74-76-78-80-82-84-91(96)101-88-90(89-102-94(93(98)99)100-87-86-95(3,4)5)103-92(97)85-83-81-79-77-75-73-71-69-67-65-63-61-59-57-55-53-51-49-47-45-43-41-39-37-35-33-31-29-27-25-23-21-19-17-15-13-11-9-7-2/h9,11,15,17,21,23,27,29,33,35,39,41,45,47,51,53,57,59,90,94H,6-8,10,12-14,16,18-20,22,24-26,28,30-32,34,36-38,40,42-44,46,48-50,52,54-56,58,60-89H2,1-5H3/p+1/b11-9-,17-15-,23-21-,29-27-,35-33-,41-39-,47-45-,53-51-,59-57-. The normalized spacial score (nSPS) is 13.1. The zero-order chi connectivity index (χ0) is 74.6. The zero-order valence-electron chi connectivity index (χ0n) is 68.5. The Morgan fingerprint density at radius 1 is 0.301 bits per heavy atom. The predicted octanol–water partition coefficient (Wildman–Crippen LogP) is 28.8. The molecule has 1 N–H and O–H groups in total. The SMILES string of the molecule is CC/C=C\C/C=C\C/C=C\C/C=C\C/C=C\C/C=C\C/C=C\C/C=C\C/C=C\CCCCCCCCCCCCCC(=O)OC(COC(=O)CCCCCCCCCCCCCCCCCCCCCCCCCCCCCCCCCCCCCCCCC)COC(OCC[N+](C)(C)C)C(=O)O. The van der Waals surface area contributed by atoms with E-state index in [0.29, 0.717) is 23.9 Å². The molecule has 0 aliphatic rings. The summed E-state index contributed by atoms with van der Waals surface area (Å²) in [7, 11) is 5.99. The minimum Gasteiger partial charge on any atom is -0.477 e. The largest absolute Gasteiger partial charge is 0.477 e. The Morgan fingerprint density at radius 2 is 0.553 bits per heavy atom. The summed E-state index contributed by atoms with van der Waals surface area (Å²) in [5, 5.41) is 9.79. The monoisotopic (exact) mass is 1440 g/mol. The van der Waals surface area contributed by atoms with E-state index in [1.54, 1.807) is 0 Å². The van der Waals surface area contributed by atoms with Crippen molar-refractivity contribution in [3.05, 3.63) is 109 Å². The van der Waals surface area contributed by atoms with Crippen molar-refractivity contribution in [1.82, 2.24) is 0 Å². The third-order valence-electron chi connectivity index (χ3n) is 19.5. The fourth-order valence-corrected chi connectivity index (χ4v) is 12.9. The fraction of sp³-hybridized carbons (Fsp3) is 0.777. The number of ether oxygens (including phenoxy) is 4. The van der Waals surface area contributed by atoms with Crippen LogP contribution in [0.1, 0.15) is 412 Å². The Hall–Kier alpha value is -4.05. The minimum absolute atomic E-state index is 0.183. The average Bonchev–Trinajstić information content (AvgIpc) is 0.985. The van der Waals surface area contributed by atoms with E-state index in [0.717, 1.165) is 103 Å². The van der Waals surface area contributed by atoms with Gasteiger partial charge in [-0.2, -0.15) is 0 Å². The van der Waals surface area contributed by atoms with Gasteiger partial charge in [-0.3, -0.25) is 9.59 Å². The van der Waals surface area contributed by atoms with Crippen LogP contribution in [0, 0.1) is 0 Å². The summed E-state index contributed by atoms with van der Waals surface area (Å²) in [6, 6.07) is 0. The van der Waals surface area contributed by atoms with Crippen molar-refractivity contribution in [3.8, 4) is 0 Å². The number of carbonyl (C=O) groups excluding carboxylic acids is 2. The number of hydrogen-bond acceptors (Lipinski definition) is 7. The molecule has 0 heterocycles. The summed E-state index contributed by atoms with van der Waals surface area (Å²) in [4.78, 5) is 37.8. The molecule has 0 saturated carbocycles. The molecule has 0 aliphatic heterocycles. The smallest absolute Gasteiger partial charge is 0.361 e. The first-order chi connectivity index (χ1) is 50.6. The first kappa shape index (κ1) is 98.9. The van der Waals surface area contributed by atoms with Crippen molar-refractivity contribution < 1.29 is 42.9 Å². The first-order valence-electron chi connectivity index (χ1n) is 44.1. The van der Waals surface area contributed by atoms with Crippen molar-refractivity contribution in [2.24, 2.45) is 0 Å². The van der Waals surface area contributed by atoms with Crippen molar-refractivity contribution in [2.75, 3.05) is 47.5 Å². The lowest BCUT2D eigenvalue weighted by Gasteiger charge is -2.25. The van der Waals surface area contributed by atoms with Gasteiger partial charge in [-0.05, 0) is 83.5 Å². The van der Waals surface area contributed by atoms with Crippen molar-refractivity contribution in [2.45, 2.75) is 424 Å². The van der Waals surface area contributed by atoms with Crippen LogP contribution in [0.5, 0.6) is 0 Å². The number of hydrogen-bond donors (Lipinski definition) is 1. The maximum atomic E-state index is 13.0. The molecule has 0 spiro atoms. The molecular weight excluding hydrogens is 1270 g/mol. The number of aliphatic carboxylic acids is 1. The molecular formula is C94H168NO8+. The van der Waals surface area contributed by atoms with Gasteiger partial charge in [0.15, 0.2) is 6.10 Å². The fourth-order valence-electron chi connectivity index (χ4n) is 12.9. The van der Waals surface area contributed by atoms with Gasteiger partial charge in [-0.25, -0.2) is 4.79 Å².